The highest BCUT2D eigenvalue weighted by Crippen LogP contribution is 2.18. The van der Waals surface area contributed by atoms with Crippen molar-refractivity contribution in [2.75, 3.05) is 11.1 Å². The Balaban J connectivity index is 1.88. The van der Waals surface area contributed by atoms with Gasteiger partial charge >= 0.3 is 0 Å². The number of hydrogen-bond acceptors (Lipinski definition) is 6. The fourth-order valence-corrected chi connectivity index (χ4v) is 2.54. The van der Waals surface area contributed by atoms with Crippen molar-refractivity contribution in [3.05, 3.63) is 29.8 Å². The Bertz CT molecular complexity index is 673. The van der Waals surface area contributed by atoms with Gasteiger partial charge in [-0.1, -0.05) is 23.9 Å². The van der Waals surface area contributed by atoms with Crippen molar-refractivity contribution in [1.29, 1.82) is 5.26 Å². The monoisotopic (exact) mass is 316 g/mol. The maximum Gasteiger partial charge on any atom is 0.234 e. The Morgan fingerprint density at radius 2 is 2.14 bits per heavy atom. The smallest absolute Gasteiger partial charge is 0.234 e. The van der Waals surface area contributed by atoms with Crippen molar-refractivity contribution in [3.63, 3.8) is 0 Å². The van der Waals surface area contributed by atoms with Crippen LogP contribution in [-0.2, 0) is 11.2 Å². The van der Waals surface area contributed by atoms with Crippen molar-refractivity contribution in [2.24, 2.45) is 0 Å². The molecule has 1 heterocycles. The predicted octanol–water partition coefficient (Wildman–Crippen LogP) is 2.05. The summed E-state index contributed by atoms with van der Waals surface area (Å²) >= 11 is 1.29. The van der Waals surface area contributed by atoms with Crippen LogP contribution in [0.4, 0.5) is 5.69 Å². The lowest BCUT2D eigenvalue weighted by Crippen LogP contribution is -2.15. The average Bonchev–Trinajstić information content (AvgIpc) is 2.96. The molecule has 2 rings (SSSR count). The lowest BCUT2D eigenvalue weighted by atomic mass is 10.1. The second-order valence-corrected chi connectivity index (χ2v) is 5.81. The fraction of sp³-hybridized carbons (Fsp3) is 0.357. The number of hydrogen-bond donors (Lipinski definition) is 1. The van der Waals surface area contributed by atoms with Crippen LogP contribution in [0.2, 0.25) is 0 Å². The van der Waals surface area contributed by atoms with Crippen LogP contribution >= 0.6 is 11.8 Å². The number of carbonyl (C=O) groups excluding carboxylic acids is 1. The number of amides is 1. The van der Waals surface area contributed by atoms with E-state index in [0.29, 0.717) is 17.3 Å². The predicted molar refractivity (Wildman–Crippen MR) is 83.3 cm³/mol. The molecule has 0 saturated carbocycles. The first-order valence-electron chi connectivity index (χ1n) is 6.76. The van der Waals surface area contributed by atoms with Crippen LogP contribution < -0.4 is 5.32 Å². The number of aromatic nitrogens is 4. The van der Waals surface area contributed by atoms with E-state index < -0.39 is 0 Å². The molecule has 0 aliphatic rings. The zero-order chi connectivity index (χ0) is 15.9. The zero-order valence-corrected chi connectivity index (χ0v) is 13.2. The first-order chi connectivity index (χ1) is 10.6. The number of nitrogens with zero attached hydrogens (tertiary/aromatic N) is 5. The number of carbonyl (C=O) groups is 1. The van der Waals surface area contributed by atoms with Crippen LogP contribution in [0.5, 0.6) is 0 Å². The normalized spacial score (nSPS) is 10.5. The number of tetrazole rings is 1. The molecule has 1 aromatic carbocycles. The second-order valence-electron chi connectivity index (χ2n) is 4.87. The minimum absolute atomic E-state index is 0.128. The van der Waals surface area contributed by atoms with E-state index in [0.717, 1.165) is 5.56 Å². The van der Waals surface area contributed by atoms with Crippen LogP contribution in [0.3, 0.4) is 0 Å². The molecule has 22 heavy (non-hydrogen) atoms. The Morgan fingerprint density at radius 3 is 2.77 bits per heavy atom. The molecule has 114 valence electrons. The van der Waals surface area contributed by atoms with E-state index >= 15 is 0 Å². The molecule has 8 heteroatoms. The van der Waals surface area contributed by atoms with Gasteiger partial charge < -0.3 is 5.32 Å². The molecule has 0 atom stereocenters. The third-order valence-electron chi connectivity index (χ3n) is 2.80. The van der Waals surface area contributed by atoms with Gasteiger partial charge in [0.25, 0.3) is 0 Å². The molecular formula is C14H16N6OS. The highest BCUT2D eigenvalue weighted by Gasteiger charge is 2.12. The van der Waals surface area contributed by atoms with Crippen LogP contribution in [-0.4, -0.2) is 31.9 Å². The maximum absolute atomic E-state index is 11.9. The number of nitrogens with one attached hydrogen (secondary N) is 1. The van der Waals surface area contributed by atoms with Gasteiger partial charge in [0.2, 0.25) is 11.1 Å². The minimum atomic E-state index is -0.128. The quantitative estimate of drug-likeness (QED) is 0.819. The summed E-state index contributed by atoms with van der Waals surface area (Å²) in [4.78, 5) is 11.9. The number of thioether (sulfide) groups is 1. The van der Waals surface area contributed by atoms with E-state index in [4.69, 9.17) is 5.26 Å². The molecule has 2 aromatic rings. The minimum Gasteiger partial charge on any atom is -0.325 e. The SMILES string of the molecule is CC(C)n1nnnc1SCC(=O)Nc1ccc(CC#N)cc1. The zero-order valence-electron chi connectivity index (χ0n) is 12.4. The van der Waals surface area contributed by atoms with Crippen molar-refractivity contribution >= 4 is 23.4 Å². The number of rotatable bonds is 6. The van der Waals surface area contributed by atoms with Gasteiger partial charge in [0, 0.05) is 5.69 Å². The van der Waals surface area contributed by atoms with Gasteiger partial charge in [0.1, 0.15) is 0 Å². The van der Waals surface area contributed by atoms with Crippen molar-refractivity contribution in [1.82, 2.24) is 20.2 Å². The lowest BCUT2D eigenvalue weighted by molar-refractivity contribution is -0.113. The molecule has 0 bridgehead atoms. The molecule has 0 aliphatic heterocycles. The fourth-order valence-electron chi connectivity index (χ4n) is 1.73. The molecule has 0 fully saturated rings. The van der Waals surface area contributed by atoms with E-state index in [1.54, 1.807) is 16.8 Å². The summed E-state index contributed by atoms with van der Waals surface area (Å²) in [6, 6.07) is 9.45. The van der Waals surface area contributed by atoms with Crippen molar-refractivity contribution in [3.8, 4) is 6.07 Å². The highest BCUT2D eigenvalue weighted by molar-refractivity contribution is 7.99. The summed E-state index contributed by atoms with van der Waals surface area (Å²) in [5, 5.41) is 23.4. The molecule has 1 N–H and O–H groups in total. The van der Waals surface area contributed by atoms with Gasteiger partial charge in [-0.3, -0.25) is 4.79 Å². The Labute approximate surface area is 132 Å². The largest absolute Gasteiger partial charge is 0.325 e. The van der Waals surface area contributed by atoms with Crippen LogP contribution in [0.15, 0.2) is 29.4 Å². The third kappa shape index (κ3) is 4.30. The van der Waals surface area contributed by atoms with Gasteiger partial charge in [0.05, 0.1) is 24.3 Å². The summed E-state index contributed by atoms with van der Waals surface area (Å²) in [7, 11) is 0. The van der Waals surface area contributed by atoms with Gasteiger partial charge in [-0.05, 0) is 42.0 Å². The Hall–Kier alpha value is -2.40. The van der Waals surface area contributed by atoms with Gasteiger partial charge in [-0.25, -0.2) is 4.68 Å². The average molecular weight is 316 g/mol. The summed E-state index contributed by atoms with van der Waals surface area (Å²) in [5.41, 5.74) is 1.63. The summed E-state index contributed by atoms with van der Waals surface area (Å²) in [5.74, 6) is 0.101. The van der Waals surface area contributed by atoms with Crippen LogP contribution in [0, 0.1) is 11.3 Å². The van der Waals surface area contributed by atoms with E-state index in [9.17, 15) is 4.79 Å². The summed E-state index contributed by atoms with van der Waals surface area (Å²) in [6.07, 6.45) is 0.363. The second kappa shape index (κ2) is 7.56. The molecule has 0 spiro atoms. The van der Waals surface area contributed by atoms with E-state index in [1.807, 2.05) is 26.0 Å². The number of benzene rings is 1. The third-order valence-corrected chi connectivity index (χ3v) is 3.74. The van der Waals surface area contributed by atoms with E-state index in [2.05, 4.69) is 26.9 Å². The molecular weight excluding hydrogens is 300 g/mol. The maximum atomic E-state index is 11.9. The molecule has 7 nitrogen and oxygen atoms in total. The van der Waals surface area contributed by atoms with Crippen molar-refractivity contribution in [2.45, 2.75) is 31.5 Å². The summed E-state index contributed by atoms with van der Waals surface area (Å²) in [6.45, 7) is 3.95. The Morgan fingerprint density at radius 1 is 1.41 bits per heavy atom. The molecule has 0 unspecified atom stereocenters. The molecule has 0 saturated heterocycles. The van der Waals surface area contributed by atoms with Gasteiger partial charge in [-0.15, -0.1) is 5.10 Å². The van der Waals surface area contributed by atoms with Gasteiger partial charge in [0.15, 0.2) is 0 Å². The van der Waals surface area contributed by atoms with Gasteiger partial charge in [-0.2, -0.15) is 5.26 Å². The van der Waals surface area contributed by atoms with E-state index in [1.165, 1.54) is 11.8 Å². The molecule has 0 radical (unpaired) electrons. The number of anilines is 1. The molecule has 1 amide bonds. The standard InChI is InChI=1S/C14H16N6OS/c1-10(2)20-14(17-18-19-20)22-9-13(21)16-12-5-3-11(4-6-12)7-8-15/h3-6,10H,7,9H2,1-2H3,(H,16,21). The highest BCUT2D eigenvalue weighted by atomic mass is 32.2. The number of nitriles is 1. The van der Waals surface area contributed by atoms with E-state index in [-0.39, 0.29) is 17.7 Å². The van der Waals surface area contributed by atoms with Crippen molar-refractivity contribution < 1.29 is 4.79 Å². The first-order valence-corrected chi connectivity index (χ1v) is 7.75. The molecule has 1 aromatic heterocycles. The topological polar surface area (TPSA) is 96.5 Å². The first kappa shape index (κ1) is 16.0. The Kier molecular flexibility index (Phi) is 5.49. The summed E-state index contributed by atoms with van der Waals surface area (Å²) < 4.78 is 1.68. The molecule has 0 aliphatic carbocycles. The van der Waals surface area contributed by atoms with Crippen LogP contribution in [0.25, 0.3) is 0 Å². The lowest BCUT2D eigenvalue weighted by Gasteiger charge is -2.08. The van der Waals surface area contributed by atoms with Crippen LogP contribution in [0.1, 0.15) is 25.5 Å².